The summed E-state index contributed by atoms with van der Waals surface area (Å²) < 4.78 is 0.317. The fourth-order valence-corrected chi connectivity index (χ4v) is 1.75. The summed E-state index contributed by atoms with van der Waals surface area (Å²) in [5.41, 5.74) is -0.819. The number of isocyanates is 1. The number of aromatic carboxylic acids is 2. The van der Waals surface area contributed by atoms with Crippen molar-refractivity contribution in [1.82, 2.24) is 0 Å². The fourth-order valence-electron chi connectivity index (χ4n) is 1.32. The second-order valence-electron chi connectivity index (χ2n) is 3.07. The van der Waals surface area contributed by atoms with E-state index in [-0.39, 0.29) is 16.7 Å². The molecule has 1 aromatic carbocycles. The van der Waals surface area contributed by atoms with E-state index in [1.54, 1.807) is 0 Å². The third-order valence-electron chi connectivity index (χ3n) is 2.10. The lowest BCUT2D eigenvalue weighted by molar-refractivity contribution is 0.0695. The maximum Gasteiger partial charge on any atom is 0.338 e. The van der Waals surface area contributed by atoms with E-state index in [0.717, 1.165) is 6.08 Å². The molecule has 1 aromatic rings. The van der Waals surface area contributed by atoms with E-state index in [9.17, 15) is 14.4 Å². The Morgan fingerprint density at radius 2 is 1.94 bits per heavy atom. The average molecular weight is 300 g/mol. The van der Waals surface area contributed by atoms with Crippen molar-refractivity contribution >= 4 is 39.6 Å². The Bertz CT molecular complexity index is 560. The molecule has 0 heterocycles. The Labute approximate surface area is 104 Å². The monoisotopic (exact) mass is 299 g/mol. The van der Waals surface area contributed by atoms with Crippen LogP contribution in [0, 0.1) is 6.92 Å². The summed E-state index contributed by atoms with van der Waals surface area (Å²) in [7, 11) is 0. The molecule has 7 heteroatoms. The van der Waals surface area contributed by atoms with Crippen LogP contribution in [0.2, 0.25) is 0 Å². The van der Waals surface area contributed by atoms with Crippen LogP contribution in [-0.2, 0) is 4.79 Å². The van der Waals surface area contributed by atoms with E-state index in [1.807, 2.05) is 0 Å². The van der Waals surface area contributed by atoms with Gasteiger partial charge < -0.3 is 10.2 Å². The molecule has 6 nitrogen and oxygen atoms in total. The summed E-state index contributed by atoms with van der Waals surface area (Å²) >= 11 is 3.05. The zero-order valence-electron chi connectivity index (χ0n) is 8.52. The van der Waals surface area contributed by atoms with Gasteiger partial charge >= 0.3 is 11.9 Å². The molecule has 0 spiro atoms. The maximum absolute atomic E-state index is 11.0. The summed E-state index contributed by atoms with van der Waals surface area (Å²) in [6.07, 6.45) is 1.15. The molecular weight excluding hydrogens is 294 g/mol. The van der Waals surface area contributed by atoms with Crippen LogP contribution in [0.5, 0.6) is 0 Å². The van der Waals surface area contributed by atoms with Gasteiger partial charge in [0.1, 0.15) is 5.69 Å². The Morgan fingerprint density at radius 1 is 1.35 bits per heavy atom. The van der Waals surface area contributed by atoms with Gasteiger partial charge in [0.05, 0.1) is 11.1 Å². The molecule has 17 heavy (non-hydrogen) atoms. The zero-order chi connectivity index (χ0) is 13.2. The van der Waals surface area contributed by atoms with Crippen LogP contribution in [0.4, 0.5) is 5.69 Å². The van der Waals surface area contributed by atoms with Crippen LogP contribution < -0.4 is 0 Å². The first-order valence-electron chi connectivity index (χ1n) is 4.27. The Morgan fingerprint density at radius 3 is 2.35 bits per heavy atom. The molecule has 2 N–H and O–H groups in total. The Balaban J connectivity index is 3.82. The zero-order valence-corrected chi connectivity index (χ0v) is 10.1. The largest absolute Gasteiger partial charge is 0.478 e. The van der Waals surface area contributed by atoms with Gasteiger partial charge in [0.25, 0.3) is 0 Å². The molecule has 0 bridgehead atoms. The van der Waals surface area contributed by atoms with Gasteiger partial charge in [0.2, 0.25) is 6.08 Å². The molecule has 0 fully saturated rings. The van der Waals surface area contributed by atoms with Gasteiger partial charge in [-0.25, -0.2) is 14.4 Å². The number of carboxylic acids is 2. The molecule has 0 aliphatic carbocycles. The number of benzene rings is 1. The smallest absolute Gasteiger partial charge is 0.338 e. The van der Waals surface area contributed by atoms with Gasteiger partial charge in [-0.2, -0.15) is 4.99 Å². The van der Waals surface area contributed by atoms with Crippen molar-refractivity contribution in [2.75, 3.05) is 0 Å². The molecule has 0 atom stereocenters. The average Bonchev–Trinajstić information content (AvgIpc) is 2.22. The number of carbonyl (C=O) groups excluding carboxylic acids is 1. The van der Waals surface area contributed by atoms with Crippen molar-refractivity contribution in [3.63, 3.8) is 0 Å². The number of hydrogen-bond donors (Lipinski definition) is 2. The number of hydrogen-bond acceptors (Lipinski definition) is 4. The number of carboxylic acid groups (broad SMARTS) is 2. The highest BCUT2D eigenvalue weighted by atomic mass is 79.9. The standard InChI is InChI=1S/C10H6BrNO5/c1-4-6(11)2-5(9(14)15)8(12-3-13)7(4)10(16)17/h2H,1H3,(H,14,15)(H,16,17). The molecule has 0 saturated heterocycles. The molecule has 0 unspecified atom stereocenters. The summed E-state index contributed by atoms with van der Waals surface area (Å²) in [4.78, 5) is 35.4. The molecule has 0 amide bonds. The SMILES string of the molecule is Cc1c(Br)cc(C(=O)O)c(N=C=O)c1C(=O)O. The first-order valence-corrected chi connectivity index (χ1v) is 5.07. The predicted molar refractivity (Wildman–Crippen MR) is 60.6 cm³/mol. The molecule has 88 valence electrons. The number of nitrogens with zero attached hydrogens (tertiary/aromatic N) is 1. The van der Waals surface area contributed by atoms with E-state index in [0.29, 0.717) is 4.47 Å². The van der Waals surface area contributed by atoms with Crippen molar-refractivity contribution in [3.8, 4) is 0 Å². The van der Waals surface area contributed by atoms with Crippen LogP contribution in [0.3, 0.4) is 0 Å². The highest BCUT2D eigenvalue weighted by Crippen LogP contribution is 2.32. The minimum Gasteiger partial charge on any atom is -0.478 e. The van der Waals surface area contributed by atoms with Crippen molar-refractivity contribution in [3.05, 3.63) is 27.2 Å². The first-order chi connectivity index (χ1) is 7.90. The second-order valence-corrected chi connectivity index (χ2v) is 3.92. The maximum atomic E-state index is 11.0. The van der Waals surface area contributed by atoms with Crippen LogP contribution in [-0.4, -0.2) is 28.2 Å². The highest BCUT2D eigenvalue weighted by Gasteiger charge is 2.23. The van der Waals surface area contributed by atoms with Gasteiger partial charge in [-0.1, -0.05) is 15.9 Å². The van der Waals surface area contributed by atoms with Crippen molar-refractivity contribution in [1.29, 1.82) is 0 Å². The van der Waals surface area contributed by atoms with Crippen LogP contribution >= 0.6 is 15.9 Å². The molecule has 0 radical (unpaired) electrons. The quantitative estimate of drug-likeness (QED) is 0.657. The third kappa shape index (κ3) is 2.41. The summed E-state index contributed by atoms with van der Waals surface area (Å²) in [5.74, 6) is -2.73. The summed E-state index contributed by atoms with van der Waals surface area (Å²) in [6, 6.07) is 1.19. The minimum atomic E-state index is -1.37. The van der Waals surface area contributed by atoms with Crippen molar-refractivity contribution in [2.45, 2.75) is 6.92 Å². The predicted octanol–water partition coefficient (Wildman–Crippen LogP) is 2.12. The lowest BCUT2D eigenvalue weighted by Crippen LogP contribution is -2.07. The topological polar surface area (TPSA) is 104 Å². The molecule has 0 aliphatic heterocycles. The van der Waals surface area contributed by atoms with Gasteiger partial charge in [-0.15, -0.1) is 0 Å². The Hall–Kier alpha value is -1.98. The number of rotatable bonds is 3. The highest BCUT2D eigenvalue weighted by molar-refractivity contribution is 9.10. The van der Waals surface area contributed by atoms with Crippen molar-refractivity contribution in [2.24, 2.45) is 4.99 Å². The third-order valence-corrected chi connectivity index (χ3v) is 2.92. The molecule has 1 rings (SSSR count). The van der Waals surface area contributed by atoms with Gasteiger partial charge in [-0.3, -0.25) is 0 Å². The first kappa shape index (κ1) is 13.1. The fraction of sp³-hybridized carbons (Fsp3) is 0.100. The number of halogens is 1. The normalized spacial score (nSPS) is 9.53. The molecule has 0 aliphatic rings. The molecular formula is C10H6BrNO5. The van der Waals surface area contributed by atoms with Gasteiger partial charge in [0, 0.05) is 4.47 Å². The van der Waals surface area contributed by atoms with Crippen LogP contribution in [0.15, 0.2) is 15.5 Å². The number of carbonyl (C=O) groups is 2. The Kier molecular flexibility index (Phi) is 3.77. The van der Waals surface area contributed by atoms with Crippen molar-refractivity contribution < 1.29 is 24.6 Å². The lowest BCUT2D eigenvalue weighted by Gasteiger charge is -2.09. The lowest BCUT2D eigenvalue weighted by atomic mass is 10.0. The van der Waals surface area contributed by atoms with Crippen LogP contribution in [0.1, 0.15) is 26.3 Å². The van der Waals surface area contributed by atoms with Gasteiger partial charge in [-0.05, 0) is 18.6 Å². The summed E-state index contributed by atoms with van der Waals surface area (Å²) in [5, 5.41) is 17.9. The van der Waals surface area contributed by atoms with E-state index < -0.39 is 17.6 Å². The van der Waals surface area contributed by atoms with E-state index in [2.05, 4.69) is 20.9 Å². The molecule has 0 aromatic heterocycles. The molecule has 0 saturated carbocycles. The summed E-state index contributed by atoms with van der Waals surface area (Å²) in [6.45, 7) is 1.48. The van der Waals surface area contributed by atoms with E-state index in [1.165, 1.54) is 13.0 Å². The van der Waals surface area contributed by atoms with E-state index in [4.69, 9.17) is 10.2 Å². The number of aliphatic imine (C=N–C) groups is 1. The van der Waals surface area contributed by atoms with Crippen LogP contribution in [0.25, 0.3) is 0 Å². The minimum absolute atomic E-state index is 0.288. The van der Waals surface area contributed by atoms with Gasteiger partial charge in [0.15, 0.2) is 0 Å². The van der Waals surface area contributed by atoms with E-state index >= 15 is 0 Å². The second kappa shape index (κ2) is 4.90.